The fourth-order valence-corrected chi connectivity index (χ4v) is 2.70. The maximum absolute atomic E-state index is 11.4. The summed E-state index contributed by atoms with van der Waals surface area (Å²) < 4.78 is 22.8. The molecule has 0 saturated carbocycles. The van der Waals surface area contributed by atoms with Crippen molar-refractivity contribution in [3.63, 3.8) is 0 Å². The zero-order valence-electron chi connectivity index (χ0n) is 7.67. The molecule has 0 fully saturated rings. The predicted molar refractivity (Wildman–Crippen MR) is 48.3 cm³/mol. The molecule has 0 atom stereocenters. The van der Waals surface area contributed by atoms with Crippen molar-refractivity contribution >= 4 is 9.84 Å². The third kappa shape index (κ3) is 2.37. The highest BCUT2D eigenvalue weighted by Crippen LogP contribution is 2.19. The standard InChI is InChI=1S/C8H15NO3S/c1-2-3-4-7-8(10)9-5-6-13(7,11)12/h9-10H,2-6H2,1H3/p-1. The first kappa shape index (κ1) is 10.4. The highest BCUT2D eigenvalue weighted by atomic mass is 32.2. The molecule has 4 nitrogen and oxygen atoms in total. The van der Waals surface area contributed by atoms with Crippen LogP contribution in [-0.2, 0) is 9.84 Å². The van der Waals surface area contributed by atoms with Gasteiger partial charge in [-0.2, -0.15) is 0 Å². The molecule has 0 aromatic heterocycles. The molecule has 0 bridgehead atoms. The highest BCUT2D eigenvalue weighted by Gasteiger charge is 2.21. The maximum Gasteiger partial charge on any atom is 0.177 e. The molecule has 1 N–H and O–H groups in total. The molecule has 0 amide bonds. The number of allylic oxidation sites excluding steroid dienone is 1. The zero-order valence-corrected chi connectivity index (χ0v) is 8.49. The minimum Gasteiger partial charge on any atom is -0.860 e. The molecule has 76 valence electrons. The van der Waals surface area contributed by atoms with Gasteiger partial charge < -0.3 is 10.4 Å². The SMILES string of the molecule is CCCCC1=C([O-])NCCS1(=O)=O. The fourth-order valence-electron chi connectivity index (χ4n) is 1.27. The summed E-state index contributed by atoms with van der Waals surface area (Å²) in [5, 5.41) is 13.7. The van der Waals surface area contributed by atoms with Crippen LogP contribution in [0.25, 0.3) is 0 Å². The summed E-state index contributed by atoms with van der Waals surface area (Å²) in [4.78, 5) is 0.0700. The Balaban J connectivity index is 2.86. The Morgan fingerprint density at radius 3 is 2.77 bits per heavy atom. The van der Waals surface area contributed by atoms with Crippen molar-refractivity contribution in [3.05, 3.63) is 10.8 Å². The van der Waals surface area contributed by atoms with Gasteiger partial charge in [0.05, 0.1) is 10.7 Å². The van der Waals surface area contributed by atoms with E-state index in [9.17, 15) is 13.5 Å². The van der Waals surface area contributed by atoms with E-state index in [0.717, 1.165) is 12.8 Å². The number of hydrogen-bond acceptors (Lipinski definition) is 4. The molecule has 0 aromatic carbocycles. The van der Waals surface area contributed by atoms with Crippen molar-refractivity contribution in [1.82, 2.24) is 5.32 Å². The largest absolute Gasteiger partial charge is 0.860 e. The van der Waals surface area contributed by atoms with Gasteiger partial charge in [0.25, 0.3) is 0 Å². The second kappa shape index (κ2) is 4.00. The third-order valence-electron chi connectivity index (χ3n) is 2.04. The molecule has 1 rings (SSSR count). The lowest BCUT2D eigenvalue weighted by Gasteiger charge is -2.25. The van der Waals surface area contributed by atoms with E-state index in [1.54, 1.807) is 0 Å². The van der Waals surface area contributed by atoms with Gasteiger partial charge in [-0.1, -0.05) is 13.3 Å². The second-order valence-electron chi connectivity index (χ2n) is 3.10. The summed E-state index contributed by atoms with van der Waals surface area (Å²) in [5.74, 6) is -0.350. The van der Waals surface area contributed by atoms with Crippen molar-refractivity contribution in [2.75, 3.05) is 12.3 Å². The molecule has 5 heteroatoms. The van der Waals surface area contributed by atoms with Crippen molar-refractivity contribution < 1.29 is 13.5 Å². The third-order valence-corrected chi connectivity index (χ3v) is 3.92. The molecule has 0 spiro atoms. The molecular formula is C8H14NO3S-. The Morgan fingerprint density at radius 2 is 2.23 bits per heavy atom. The molecule has 0 unspecified atom stereocenters. The molecule has 0 aliphatic carbocycles. The van der Waals surface area contributed by atoms with Crippen LogP contribution in [0.2, 0.25) is 0 Å². The van der Waals surface area contributed by atoms with E-state index in [1.807, 2.05) is 6.92 Å². The average molecular weight is 204 g/mol. The van der Waals surface area contributed by atoms with Crippen LogP contribution in [0.15, 0.2) is 10.8 Å². The molecule has 1 heterocycles. The van der Waals surface area contributed by atoms with E-state index in [0.29, 0.717) is 6.42 Å². The average Bonchev–Trinajstić information content (AvgIpc) is 2.02. The Labute approximate surface area is 78.6 Å². The molecule has 0 saturated heterocycles. The van der Waals surface area contributed by atoms with Crippen LogP contribution in [-0.4, -0.2) is 20.7 Å². The summed E-state index contributed by atoms with van der Waals surface area (Å²) in [6.07, 6.45) is 2.03. The lowest BCUT2D eigenvalue weighted by molar-refractivity contribution is -0.313. The van der Waals surface area contributed by atoms with Crippen LogP contribution in [0.1, 0.15) is 26.2 Å². The van der Waals surface area contributed by atoms with Crippen LogP contribution in [0.3, 0.4) is 0 Å². The van der Waals surface area contributed by atoms with Gasteiger partial charge >= 0.3 is 0 Å². The number of nitrogens with one attached hydrogen (secondary N) is 1. The number of hydrogen-bond donors (Lipinski definition) is 1. The Bertz CT molecular complexity index is 305. The minimum absolute atomic E-state index is 0.0534. The topological polar surface area (TPSA) is 69.2 Å². The quantitative estimate of drug-likeness (QED) is 0.686. The van der Waals surface area contributed by atoms with Gasteiger partial charge in [-0.05, 0) is 18.7 Å². The van der Waals surface area contributed by atoms with Gasteiger partial charge in [-0.3, -0.25) is 0 Å². The summed E-state index contributed by atoms with van der Waals surface area (Å²) in [6, 6.07) is 0. The van der Waals surface area contributed by atoms with Crippen LogP contribution < -0.4 is 10.4 Å². The van der Waals surface area contributed by atoms with Crippen molar-refractivity contribution in [1.29, 1.82) is 0 Å². The highest BCUT2D eigenvalue weighted by molar-refractivity contribution is 7.95. The van der Waals surface area contributed by atoms with E-state index in [2.05, 4.69) is 5.32 Å². The maximum atomic E-state index is 11.4. The first-order valence-electron chi connectivity index (χ1n) is 4.44. The molecule has 13 heavy (non-hydrogen) atoms. The molecule has 0 aromatic rings. The van der Waals surface area contributed by atoms with E-state index in [1.165, 1.54) is 0 Å². The molecule has 0 radical (unpaired) electrons. The first-order valence-corrected chi connectivity index (χ1v) is 6.10. The Hall–Kier alpha value is -0.710. The smallest absolute Gasteiger partial charge is 0.177 e. The molecule has 1 aliphatic heterocycles. The predicted octanol–water partition coefficient (Wildman–Crippen LogP) is -0.276. The van der Waals surface area contributed by atoms with E-state index >= 15 is 0 Å². The van der Waals surface area contributed by atoms with Crippen LogP contribution >= 0.6 is 0 Å². The van der Waals surface area contributed by atoms with Crippen molar-refractivity contribution in [3.8, 4) is 0 Å². The van der Waals surface area contributed by atoms with Gasteiger partial charge in [-0.15, -0.1) is 0 Å². The summed E-state index contributed by atoms with van der Waals surface area (Å²) in [6.45, 7) is 2.21. The van der Waals surface area contributed by atoms with Crippen molar-refractivity contribution in [2.24, 2.45) is 0 Å². The number of rotatable bonds is 3. The number of unbranched alkanes of at least 4 members (excludes halogenated alkanes) is 1. The normalized spacial score (nSPS) is 21.3. The first-order chi connectivity index (χ1) is 6.08. The molecule has 1 aliphatic rings. The summed E-state index contributed by atoms with van der Waals surface area (Å²) in [7, 11) is -3.24. The number of sulfone groups is 1. The van der Waals surface area contributed by atoms with Gasteiger partial charge in [0.2, 0.25) is 0 Å². The molecular weight excluding hydrogens is 190 g/mol. The van der Waals surface area contributed by atoms with Crippen LogP contribution in [0, 0.1) is 0 Å². The second-order valence-corrected chi connectivity index (χ2v) is 5.23. The lowest BCUT2D eigenvalue weighted by Crippen LogP contribution is -2.37. The van der Waals surface area contributed by atoms with E-state index in [-0.39, 0.29) is 17.2 Å². The van der Waals surface area contributed by atoms with Gasteiger partial charge in [-0.25, -0.2) is 8.42 Å². The van der Waals surface area contributed by atoms with Gasteiger partial charge in [0.15, 0.2) is 9.84 Å². The van der Waals surface area contributed by atoms with Crippen LogP contribution in [0.5, 0.6) is 0 Å². The Kier molecular flexibility index (Phi) is 3.19. The Morgan fingerprint density at radius 1 is 1.54 bits per heavy atom. The van der Waals surface area contributed by atoms with Gasteiger partial charge in [0.1, 0.15) is 0 Å². The lowest BCUT2D eigenvalue weighted by atomic mass is 10.2. The zero-order chi connectivity index (χ0) is 9.90. The fraction of sp³-hybridized carbons (Fsp3) is 0.750. The van der Waals surface area contributed by atoms with Crippen LogP contribution in [0.4, 0.5) is 0 Å². The summed E-state index contributed by atoms with van der Waals surface area (Å²) >= 11 is 0. The minimum atomic E-state index is -3.24. The summed E-state index contributed by atoms with van der Waals surface area (Å²) in [5.41, 5.74) is 0. The van der Waals surface area contributed by atoms with Gasteiger partial charge in [0, 0.05) is 6.54 Å². The van der Waals surface area contributed by atoms with E-state index in [4.69, 9.17) is 0 Å². The monoisotopic (exact) mass is 204 g/mol. The van der Waals surface area contributed by atoms with E-state index < -0.39 is 15.7 Å². The van der Waals surface area contributed by atoms with Crippen molar-refractivity contribution in [2.45, 2.75) is 26.2 Å².